The molecule has 0 saturated carbocycles. The molecule has 0 radical (unpaired) electrons. The summed E-state index contributed by atoms with van der Waals surface area (Å²) in [5.41, 5.74) is -0.881. The molecule has 1 heterocycles. The second-order valence-electron chi connectivity index (χ2n) is 4.20. The van der Waals surface area contributed by atoms with Gasteiger partial charge in [-0.05, 0) is 25.8 Å². The Bertz CT molecular complexity index is 348. The maximum Gasteiger partial charge on any atom is 0.324 e. The van der Waals surface area contributed by atoms with E-state index in [0.29, 0.717) is 19.4 Å². The van der Waals surface area contributed by atoms with Crippen LogP contribution in [0.3, 0.4) is 0 Å². The molecule has 5 nitrogen and oxygen atoms in total. The topological polar surface area (TPSA) is 69.6 Å². The molecule has 0 aromatic heterocycles. The van der Waals surface area contributed by atoms with Crippen molar-refractivity contribution in [1.29, 1.82) is 0 Å². The zero-order chi connectivity index (χ0) is 12.9. The first kappa shape index (κ1) is 13.5. The number of nitrogens with zero attached hydrogens (tertiary/aromatic N) is 1. The summed E-state index contributed by atoms with van der Waals surface area (Å²) in [6, 6.07) is 0. The van der Waals surface area contributed by atoms with Crippen molar-refractivity contribution in [2.75, 3.05) is 19.6 Å². The number of terminal acetylenes is 1. The molecule has 1 fully saturated rings. The Morgan fingerprint density at radius 1 is 1.59 bits per heavy atom. The molecule has 94 valence electrons. The number of carbonyl (C=O) groups excluding carboxylic acids is 1. The number of carboxylic acids is 1. The van der Waals surface area contributed by atoms with Crippen LogP contribution >= 0.6 is 0 Å². The molecule has 0 spiro atoms. The molecular formula is C12H18N2O3. The molecule has 1 atom stereocenters. The minimum atomic E-state index is -0.881. The Morgan fingerprint density at radius 3 is 2.82 bits per heavy atom. The quantitative estimate of drug-likeness (QED) is 0.665. The van der Waals surface area contributed by atoms with Crippen LogP contribution in [0.25, 0.3) is 0 Å². The lowest BCUT2D eigenvalue weighted by Gasteiger charge is -2.33. The molecular weight excluding hydrogens is 220 g/mol. The van der Waals surface area contributed by atoms with Gasteiger partial charge in [-0.15, -0.1) is 6.42 Å². The molecule has 1 aliphatic rings. The van der Waals surface area contributed by atoms with Gasteiger partial charge < -0.3 is 10.4 Å². The van der Waals surface area contributed by atoms with E-state index in [9.17, 15) is 14.7 Å². The average molecular weight is 238 g/mol. The molecule has 2 N–H and O–H groups in total. The lowest BCUT2D eigenvalue weighted by molar-refractivity contribution is -0.150. The number of carbonyl (C=O) groups is 2. The summed E-state index contributed by atoms with van der Waals surface area (Å²) in [6.45, 7) is 2.76. The largest absolute Gasteiger partial charge is 0.480 e. The van der Waals surface area contributed by atoms with Crippen LogP contribution in [0.5, 0.6) is 0 Å². The Labute approximate surface area is 101 Å². The fraction of sp³-hybridized carbons (Fsp3) is 0.667. The van der Waals surface area contributed by atoms with Crippen molar-refractivity contribution in [1.82, 2.24) is 10.2 Å². The van der Waals surface area contributed by atoms with Gasteiger partial charge in [0.15, 0.2) is 0 Å². The van der Waals surface area contributed by atoms with E-state index in [1.165, 1.54) is 0 Å². The molecule has 1 unspecified atom stereocenters. The fourth-order valence-corrected chi connectivity index (χ4v) is 2.34. The normalized spacial score (nSPS) is 24.2. The summed E-state index contributed by atoms with van der Waals surface area (Å²) in [7, 11) is 0. The van der Waals surface area contributed by atoms with E-state index in [-0.39, 0.29) is 19.0 Å². The third-order valence-corrected chi connectivity index (χ3v) is 3.33. The molecule has 0 aromatic rings. The smallest absolute Gasteiger partial charge is 0.324 e. The van der Waals surface area contributed by atoms with Gasteiger partial charge in [0.2, 0.25) is 5.91 Å². The number of rotatable bonds is 5. The number of hydrogen-bond acceptors (Lipinski definition) is 3. The van der Waals surface area contributed by atoms with Gasteiger partial charge in [0.05, 0.1) is 13.1 Å². The number of nitrogens with one attached hydrogen (secondary N) is 1. The van der Waals surface area contributed by atoms with Crippen molar-refractivity contribution < 1.29 is 14.7 Å². The second kappa shape index (κ2) is 5.69. The standard InChI is InChI=1S/C12H18N2O3/c1-3-7-13-10(15)9-14-8-5-6-12(14,4-2)11(16)17/h1H,4-9H2,2H3,(H,13,15)(H,16,17). The highest BCUT2D eigenvalue weighted by Crippen LogP contribution is 2.32. The van der Waals surface area contributed by atoms with Crippen LogP contribution in [0.1, 0.15) is 26.2 Å². The first-order valence-electron chi connectivity index (χ1n) is 5.75. The van der Waals surface area contributed by atoms with E-state index < -0.39 is 11.5 Å². The van der Waals surface area contributed by atoms with Crippen LogP contribution in [0.15, 0.2) is 0 Å². The Morgan fingerprint density at radius 2 is 2.29 bits per heavy atom. The minimum absolute atomic E-state index is 0.0990. The number of aliphatic carboxylic acids is 1. The van der Waals surface area contributed by atoms with Crippen LogP contribution in [-0.2, 0) is 9.59 Å². The van der Waals surface area contributed by atoms with Crippen molar-refractivity contribution in [3.05, 3.63) is 0 Å². The van der Waals surface area contributed by atoms with Crippen LogP contribution < -0.4 is 5.32 Å². The van der Waals surface area contributed by atoms with E-state index in [4.69, 9.17) is 6.42 Å². The van der Waals surface area contributed by atoms with Crippen LogP contribution in [0.2, 0.25) is 0 Å². The molecule has 5 heteroatoms. The molecule has 0 aliphatic carbocycles. The summed E-state index contributed by atoms with van der Waals surface area (Å²) in [6.07, 6.45) is 6.95. The minimum Gasteiger partial charge on any atom is -0.480 e. The van der Waals surface area contributed by atoms with E-state index in [1.54, 1.807) is 4.90 Å². The van der Waals surface area contributed by atoms with Crippen LogP contribution in [0.4, 0.5) is 0 Å². The SMILES string of the molecule is C#CCNC(=O)CN1CCCC1(CC)C(=O)O. The second-order valence-corrected chi connectivity index (χ2v) is 4.20. The third kappa shape index (κ3) is 2.77. The summed E-state index contributed by atoms with van der Waals surface area (Å²) < 4.78 is 0. The first-order chi connectivity index (χ1) is 8.06. The van der Waals surface area contributed by atoms with Crippen LogP contribution in [0, 0.1) is 12.3 Å². The summed E-state index contributed by atoms with van der Waals surface area (Å²) >= 11 is 0. The molecule has 1 saturated heterocycles. The summed E-state index contributed by atoms with van der Waals surface area (Å²) in [4.78, 5) is 24.6. The predicted molar refractivity (Wildman–Crippen MR) is 63.3 cm³/mol. The number of amides is 1. The first-order valence-corrected chi connectivity index (χ1v) is 5.75. The van der Waals surface area contributed by atoms with Gasteiger partial charge in [0, 0.05) is 0 Å². The molecule has 1 amide bonds. The van der Waals surface area contributed by atoms with E-state index >= 15 is 0 Å². The van der Waals surface area contributed by atoms with Crippen molar-refractivity contribution in [3.8, 4) is 12.3 Å². The van der Waals surface area contributed by atoms with Gasteiger partial charge >= 0.3 is 5.97 Å². The van der Waals surface area contributed by atoms with Crippen molar-refractivity contribution >= 4 is 11.9 Å². The van der Waals surface area contributed by atoms with Gasteiger partial charge in [-0.2, -0.15) is 0 Å². The van der Waals surface area contributed by atoms with Gasteiger partial charge in [-0.3, -0.25) is 14.5 Å². The number of likely N-dealkylation sites (tertiary alicyclic amines) is 1. The van der Waals surface area contributed by atoms with Gasteiger partial charge in [-0.1, -0.05) is 12.8 Å². The monoisotopic (exact) mass is 238 g/mol. The lowest BCUT2D eigenvalue weighted by Crippen LogP contribution is -2.53. The van der Waals surface area contributed by atoms with Crippen LogP contribution in [-0.4, -0.2) is 47.1 Å². The third-order valence-electron chi connectivity index (χ3n) is 3.33. The molecule has 1 rings (SSSR count). The highest BCUT2D eigenvalue weighted by molar-refractivity contribution is 5.82. The Kier molecular flexibility index (Phi) is 4.53. The average Bonchev–Trinajstić information content (AvgIpc) is 2.70. The van der Waals surface area contributed by atoms with E-state index in [1.807, 2.05) is 6.92 Å². The number of hydrogen-bond donors (Lipinski definition) is 2. The Balaban J connectivity index is 2.66. The number of carboxylic acid groups (broad SMARTS) is 1. The van der Waals surface area contributed by atoms with Crippen molar-refractivity contribution in [2.24, 2.45) is 0 Å². The maximum atomic E-state index is 11.5. The Hall–Kier alpha value is -1.54. The highest BCUT2D eigenvalue weighted by atomic mass is 16.4. The van der Waals surface area contributed by atoms with E-state index in [2.05, 4.69) is 11.2 Å². The predicted octanol–water partition coefficient (Wildman–Crippen LogP) is 0.0650. The van der Waals surface area contributed by atoms with Crippen molar-refractivity contribution in [3.63, 3.8) is 0 Å². The summed E-state index contributed by atoms with van der Waals surface area (Å²) in [5, 5.41) is 11.9. The highest BCUT2D eigenvalue weighted by Gasteiger charge is 2.46. The molecule has 17 heavy (non-hydrogen) atoms. The van der Waals surface area contributed by atoms with E-state index in [0.717, 1.165) is 6.42 Å². The molecule has 0 aromatic carbocycles. The molecule has 0 bridgehead atoms. The van der Waals surface area contributed by atoms with Gasteiger partial charge in [-0.25, -0.2) is 0 Å². The zero-order valence-electron chi connectivity index (χ0n) is 10.0. The molecule has 1 aliphatic heterocycles. The van der Waals surface area contributed by atoms with Crippen molar-refractivity contribution in [2.45, 2.75) is 31.7 Å². The fourth-order valence-electron chi connectivity index (χ4n) is 2.34. The summed E-state index contributed by atoms with van der Waals surface area (Å²) in [5.74, 6) is 1.25. The maximum absolute atomic E-state index is 11.5. The zero-order valence-corrected chi connectivity index (χ0v) is 10.0. The van der Waals surface area contributed by atoms with Gasteiger partial charge in [0.1, 0.15) is 5.54 Å². The lowest BCUT2D eigenvalue weighted by atomic mass is 9.93. The van der Waals surface area contributed by atoms with Gasteiger partial charge in [0.25, 0.3) is 0 Å².